The van der Waals surface area contributed by atoms with Gasteiger partial charge in [-0.05, 0) is 36.4 Å². The molecule has 0 unspecified atom stereocenters. The molecule has 1 N–H and O–H groups in total. The molecule has 0 aliphatic carbocycles. The zero-order valence-corrected chi connectivity index (χ0v) is 17.0. The van der Waals surface area contributed by atoms with E-state index in [0.717, 1.165) is 16.1 Å². The van der Waals surface area contributed by atoms with Crippen LogP contribution in [0.1, 0.15) is 5.76 Å². The molecule has 0 aliphatic heterocycles. The zero-order valence-electron chi connectivity index (χ0n) is 14.7. The number of carbonyl (C=O) groups is 1. The molecule has 0 atom stereocenters. The van der Waals surface area contributed by atoms with Crippen molar-refractivity contribution in [1.29, 1.82) is 0 Å². The van der Waals surface area contributed by atoms with E-state index in [1.165, 1.54) is 18.3 Å². The third kappa shape index (κ3) is 5.66. The van der Waals surface area contributed by atoms with Crippen molar-refractivity contribution in [2.75, 3.05) is 6.61 Å². The van der Waals surface area contributed by atoms with Gasteiger partial charge in [-0.25, -0.2) is 5.43 Å². The number of ether oxygens (including phenoxy) is 1. The maximum atomic E-state index is 11.8. The number of nitro groups is 1. The van der Waals surface area contributed by atoms with Crippen LogP contribution in [0.4, 0.5) is 5.69 Å². The molecule has 0 aliphatic rings. The van der Waals surface area contributed by atoms with Crippen LogP contribution in [-0.4, -0.2) is 23.7 Å². The van der Waals surface area contributed by atoms with Crippen LogP contribution >= 0.6 is 27.5 Å². The van der Waals surface area contributed by atoms with Gasteiger partial charge in [-0.3, -0.25) is 14.9 Å². The molecule has 8 nitrogen and oxygen atoms in total. The Balaban J connectivity index is 1.54. The Morgan fingerprint density at radius 3 is 2.72 bits per heavy atom. The van der Waals surface area contributed by atoms with Gasteiger partial charge in [0.25, 0.3) is 5.91 Å². The van der Waals surface area contributed by atoms with Crippen molar-refractivity contribution in [1.82, 2.24) is 5.43 Å². The fraction of sp³-hybridized carbons (Fsp3) is 0.0526. The monoisotopic (exact) mass is 477 g/mol. The van der Waals surface area contributed by atoms with Gasteiger partial charge in [0.15, 0.2) is 12.4 Å². The summed E-state index contributed by atoms with van der Waals surface area (Å²) in [6.07, 6.45) is 1.34. The summed E-state index contributed by atoms with van der Waals surface area (Å²) in [7, 11) is 0. The summed E-state index contributed by atoms with van der Waals surface area (Å²) in [5.74, 6) is 0.440. The van der Waals surface area contributed by atoms with Crippen molar-refractivity contribution in [2.24, 2.45) is 5.10 Å². The van der Waals surface area contributed by atoms with Gasteiger partial charge >= 0.3 is 5.69 Å². The molecule has 3 rings (SSSR count). The first kappa shape index (κ1) is 20.6. The Hall–Kier alpha value is -3.17. The minimum atomic E-state index is -0.642. The van der Waals surface area contributed by atoms with Crippen LogP contribution in [0.3, 0.4) is 0 Å². The van der Waals surface area contributed by atoms with Gasteiger partial charge in [-0.15, -0.1) is 0 Å². The van der Waals surface area contributed by atoms with Crippen LogP contribution in [0, 0.1) is 10.1 Å². The maximum absolute atomic E-state index is 11.8. The molecule has 10 heteroatoms. The highest BCUT2D eigenvalue weighted by atomic mass is 79.9. The number of amides is 1. The molecule has 0 spiro atoms. The van der Waals surface area contributed by atoms with Crippen LogP contribution in [0.5, 0.6) is 5.75 Å². The van der Waals surface area contributed by atoms with E-state index in [9.17, 15) is 14.9 Å². The van der Waals surface area contributed by atoms with Gasteiger partial charge in [-0.1, -0.05) is 39.7 Å². The molecule has 3 aromatic rings. The minimum absolute atomic E-state index is 0.0660. The summed E-state index contributed by atoms with van der Waals surface area (Å²) in [5.41, 5.74) is 2.83. The molecule has 1 heterocycles. The number of halogens is 2. The molecular formula is C19H13BrClN3O5. The third-order valence-corrected chi connectivity index (χ3v) is 4.38. The Morgan fingerprint density at radius 1 is 1.24 bits per heavy atom. The highest BCUT2D eigenvalue weighted by Gasteiger charge is 2.16. The first-order valence-corrected chi connectivity index (χ1v) is 9.34. The summed E-state index contributed by atoms with van der Waals surface area (Å²) >= 11 is 9.10. The first-order valence-electron chi connectivity index (χ1n) is 8.17. The molecule has 0 bridgehead atoms. The zero-order chi connectivity index (χ0) is 20.8. The quantitative estimate of drug-likeness (QED) is 0.298. The number of nitro benzene ring substituents is 1. The van der Waals surface area contributed by atoms with Gasteiger partial charge in [0, 0.05) is 21.1 Å². The van der Waals surface area contributed by atoms with Crippen LogP contribution in [0.15, 0.2) is 68.6 Å². The predicted octanol–water partition coefficient (Wildman–Crippen LogP) is 4.80. The van der Waals surface area contributed by atoms with Crippen LogP contribution in [0.2, 0.25) is 5.02 Å². The summed E-state index contributed by atoms with van der Waals surface area (Å²) in [4.78, 5) is 22.2. The second kappa shape index (κ2) is 9.35. The smallest absolute Gasteiger partial charge is 0.312 e. The fourth-order valence-electron chi connectivity index (χ4n) is 2.29. The Labute approximate surface area is 178 Å². The number of hydrazone groups is 1. The van der Waals surface area contributed by atoms with E-state index in [1.54, 1.807) is 12.1 Å². The number of benzene rings is 2. The van der Waals surface area contributed by atoms with Gasteiger partial charge in [0.2, 0.25) is 0 Å². The molecule has 2 aromatic carbocycles. The number of rotatable bonds is 7. The minimum Gasteiger partial charge on any atom is -0.477 e. The lowest BCUT2D eigenvalue weighted by atomic mass is 10.2. The summed E-state index contributed by atoms with van der Waals surface area (Å²) in [6.45, 7) is -0.456. The normalized spacial score (nSPS) is 10.8. The van der Waals surface area contributed by atoms with Crippen molar-refractivity contribution in [2.45, 2.75) is 0 Å². The number of carbonyl (C=O) groups excluding carboxylic acids is 1. The van der Waals surface area contributed by atoms with Crippen molar-refractivity contribution >= 4 is 45.3 Å². The standard InChI is InChI=1S/C19H13BrClN3O5/c20-13-3-1-12(2-4-13)17-8-6-15(29-17)10-22-23-19(25)11-28-18-7-5-14(21)9-16(18)24(26)27/h1-10H,11H2,(H,23,25). The Kier molecular flexibility index (Phi) is 6.63. The van der Waals surface area contributed by atoms with Gasteiger partial charge in [0.05, 0.1) is 11.1 Å². The lowest BCUT2D eigenvalue weighted by molar-refractivity contribution is -0.385. The van der Waals surface area contributed by atoms with Gasteiger partial charge in [0.1, 0.15) is 11.5 Å². The lowest BCUT2D eigenvalue weighted by Gasteiger charge is -2.05. The number of furan rings is 1. The largest absolute Gasteiger partial charge is 0.477 e. The summed E-state index contributed by atoms with van der Waals surface area (Å²) in [6, 6.07) is 15.0. The molecule has 0 saturated carbocycles. The molecule has 1 aromatic heterocycles. The average molecular weight is 479 g/mol. The second-order valence-electron chi connectivity index (χ2n) is 5.66. The van der Waals surface area contributed by atoms with Crippen molar-refractivity contribution in [3.63, 3.8) is 0 Å². The molecule has 0 saturated heterocycles. The molecule has 29 heavy (non-hydrogen) atoms. The predicted molar refractivity (Wildman–Crippen MR) is 111 cm³/mol. The van der Waals surface area contributed by atoms with Crippen molar-refractivity contribution in [3.8, 4) is 17.1 Å². The number of nitrogens with zero attached hydrogens (tertiary/aromatic N) is 2. The highest BCUT2D eigenvalue weighted by Crippen LogP contribution is 2.29. The first-order chi connectivity index (χ1) is 13.9. The van der Waals surface area contributed by atoms with E-state index in [-0.39, 0.29) is 16.5 Å². The summed E-state index contributed by atoms with van der Waals surface area (Å²) < 4.78 is 11.8. The van der Waals surface area contributed by atoms with E-state index in [0.29, 0.717) is 11.5 Å². The highest BCUT2D eigenvalue weighted by molar-refractivity contribution is 9.10. The summed E-state index contributed by atoms with van der Waals surface area (Å²) in [5, 5.41) is 15.0. The molecule has 0 radical (unpaired) electrons. The average Bonchev–Trinajstić information content (AvgIpc) is 3.16. The van der Waals surface area contributed by atoms with Crippen molar-refractivity contribution in [3.05, 3.63) is 80.0 Å². The van der Waals surface area contributed by atoms with E-state index >= 15 is 0 Å². The third-order valence-electron chi connectivity index (χ3n) is 3.61. The number of nitrogens with one attached hydrogen (secondary N) is 1. The second-order valence-corrected chi connectivity index (χ2v) is 7.01. The van der Waals surface area contributed by atoms with Crippen LogP contribution in [-0.2, 0) is 4.79 Å². The van der Waals surface area contributed by atoms with E-state index in [2.05, 4.69) is 26.5 Å². The molecule has 1 amide bonds. The molecule has 148 valence electrons. The number of hydrogen-bond acceptors (Lipinski definition) is 6. The Morgan fingerprint density at radius 2 is 2.00 bits per heavy atom. The van der Waals surface area contributed by atoms with E-state index < -0.39 is 17.4 Å². The maximum Gasteiger partial charge on any atom is 0.312 e. The van der Waals surface area contributed by atoms with Crippen LogP contribution < -0.4 is 10.2 Å². The molecular weight excluding hydrogens is 466 g/mol. The van der Waals surface area contributed by atoms with Gasteiger partial charge in [-0.2, -0.15) is 5.10 Å². The number of hydrogen-bond donors (Lipinski definition) is 1. The van der Waals surface area contributed by atoms with Gasteiger partial charge < -0.3 is 9.15 Å². The van der Waals surface area contributed by atoms with Crippen LogP contribution in [0.25, 0.3) is 11.3 Å². The van der Waals surface area contributed by atoms with Crippen molar-refractivity contribution < 1.29 is 18.9 Å². The fourth-order valence-corrected chi connectivity index (χ4v) is 2.72. The lowest BCUT2D eigenvalue weighted by Crippen LogP contribution is -2.24. The van der Waals surface area contributed by atoms with E-state index in [4.69, 9.17) is 20.8 Å². The molecule has 0 fully saturated rings. The Bertz CT molecular complexity index is 1070. The SMILES string of the molecule is O=C(COc1ccc(Cl)cc1[N+](=O)[O-])NN=Cc1ccc(-c2ccc(Br)cc2)o1. The van der Waals surface area contributed by atoms with E-state index in [1.807, 2.05) is 24.3 Å². The topological polar surface area (TPSA) is 107 Å².